The minimum absolute atomic E-state index is 0.0574. The van der Waals surface area contributed by atoms with Crippen molar-refractivity contribution < 1.29 is 13.5 Å². The van der Waals surface area contributed by atoms with Crippen molar-refractivity contribution in [2.24, 2.45) is 13.0 Å². The molecule has 2 fully saturated rings. The van der Waals surface area contributed by atoms with Crippen LogP contribution in [0.1, 0.15) is 36.5 Å². The first-order valence-corrected chi connectivity index (χ1v) is 13.7. The van der Waals surface area contributed by atoms with Gasteiger partial charge in [-0.3, -0.25) is 14.0 Å². The predicted molar refractivity (Wildman–Crippen MR) is 147 cm³/mol. The van der Waals surface area contributed by atoms with E-state index in [1.807, 2.05) is 31.4 Å². The number of anilines is 1. The van der Waals surface area contributed by atoms with Crippen LogP contribution in [0.15, 0.2) is 59.5 Å². The number of hydrogen-bond acceptors (Lipinski definition) is 5. The fourth-order valence-corrected chi connectivity index (χ4v) is 6.44. The van der Waals surface area contributed by atoms with Gasteiger partial charge < -0.3 is 10.1 Å². The quantitative estimate of drug-likeness (QED) is 0.236. The lowest BCUT2D eigenvalue weighted by atomic mass is 10.0. The molecule has 0 unspecified atom stereocenters. The molecule has 7 rings (SSSR count). The Hall–Kier alpha value is -3.72. The highest BCUT2D eigenvalue weighted by molar-refractivity contribution is 7.19. The van der Waals surface area contributed by atoms with Crippen LogP contribution in [0.4, 0.5) is 14.5 Å². The number of halogens is 2. The first-order chi connectivity index (χ1) is 18.4. The molecule has 0 radical (unpaired) electrons. The molecule has 0 aliphatic heterocycles. The average molecular weight is 533 g/mol. The number of alkyl halides is 2. The van der Waals surface area contributed by atoms with Gasteiger partial charge in [0.15, 0.2) is 0 Å². The van der Waals surface area contributed by atoms with Crippen LogP contribution in [-0.2, 0) is 7.05 Å². The molecule has 9 heteroatoms. The Morgan fingerprint density at radius 3 is 2.61 bits per heavy atom. The number of fused-ring (bicyclic) bond motifs is 2. The number of aryl methyl sites for hydroxylation is 1. The van der Waals surface area contributed by atoms with Crippen LogP contribution in [-0.4, -0.2) is 27.5 Å². The van der Waals surface area contributed by atoms with Crippen LogP contribution in [0.2, 0.25) is 0 Å². The zero-order valence-electron chi connectivity index (χ0n) is 20.8. The molecule has 2 aliphatic carbocycles. The molecule has 0 amide bonds. The normalized spacial score (nSPS) is 15.6. The van der Waals surface area contributed by atoms with Gasteiger partial charge in [-0.25, -0.2) is 0 Å². The fraction of sp³-hybridized carbons (Fsp3) is 0.310. The van der Waals surface area contributed by atoms with E-state index in [-0.39, 0.29) is 11.3 Å². The zero-order valence-corrected chi connectivity index (χ0v) is 21.6. The van der Waals surface area contributed by atoms with Gasteiger partial charge in [0.25, 0.3) is 5.56 Å². The van der Waals surface area contributed by atoms with E-state index in [1.165, 1.54) is 29.9 Å². The summed E-state index contributed by atoms with van der Waals surface area (Å²) < 4.78 is 34.6. The highest BCUT2D eigenvalue weighted by Crippen LogP contribution is 2.48. The smallest absolute Gasteiger partial charge is 0.387 e. The molecule has 5 aromatic rings. The zero-order chi connectivity index (χ0) is 26.0. The van der Waals surface area contributed by atoms with Crippen LogP contribution in [0, 0.1) is 5.92 Å². The summed E-state index contributed by atoms with van der Waals surface area (Å²) in [6, 6.07) is 14.4. The number of ether oxygens (including phenoxy) is 1. The third kappa shape index (κ3) is 4.24. The average Bonchev–Trinajstić information content (AvgIpc) is 3.82. The Bertz CT molecular complexity index is 1730. The number of hydrogen-bond donors (Lipinski definition) is 1. The maximum absolute atomic E-state index is 14.4. The van der Waals surface area contributed by atoms with E-state index in [1.54, 1.807) is 32.7 Å². The number of pyridine rings is 1. The molecule has 0 bridgehead atoms. The van der Waals surface area contributed by atoms with Crippen LogP contribution in [0.3, 0.4) is 0 Å². The molecule has 2 saturated carbocycles. The third-order valence-electron chi connectivity index (χ3n) is 7.34. The lowest BCUT2D eigenvalue weighted by Gasteiger charge is -2.18. The van der Waals surface area contributed by atoms with Crippen molar-refractivity contribution in [2.75, 3.05) is 11.9 Å². The van der Waals surface area contributed by atoms with Gasteiger partial charge in [-0.05, 0) is 85.5 Å². The van der Waals surface area contributed by atoms with Crippen molar-refractivity contribution in [3.8, 4) is 22.6 Å². The summed E-state index contributed by atoms with van der Waals surface area (Å²) in [6.45, 7) is -2.07. The van der Waals surface area contributed by atoms with E-state index in [0.29, 0.717) is 23.1 Å². The summed E-state index contributed by atoms with van der Waals surface area (Å²) in [6.07, 6.45) is 6.67. The Balaban J connectivity index is 1.48. The molecule has 2 aromatic carbocycles. The second-order valence-electron chi connectivity index (χ2n) is 10.3. The van der Waals surface area contributed by atoms with Gasteiger partial charge in [-0.1, -0.05) is 6.07 Å². The van der Waals surface area contributed by atoms with Gasteiger partial charge in [-0.2, -0.15) is 13.9 Å². The molecule has 38 heavy (non-hydrogen) atoms. The number of nitrogens with zero attached hydrogens (tertiary/aromatic N) is 3. The lowest BCUT2D eigenvalue weighted by molar-refractivity contribution is -0.0498. The van der Waals surface area contributed by atoms with Crippen molar-refractivity contribution >= 4 is 38.1 Å². The summed E-state index contributed by atoms with van der Waals surface area (Å²) in [5.74, 6) is 1.22. The van der Waals surface area contributed by atoms with E-state index in [2.05, 4.69) is 21.2 Å². The van der Waals surface area contributed by atoms with Gasteiger partial charge in [0.1, 0.15) is 5.75 Å². The van der Waals surface area contributed by atoms with Crippen molar-refractivity contribution in [3.63, 3.8) is 0 Å². The Labute approximate surface area is 221 Å². The van der Waals surface area contributed by atoms with Crippen LogP contribution < -0.4 is 15.6 Å². The second-order valence-corrected chi connectivity index (χ2v) is 11.4. The van der Waals surface area contributed by atoms with Crippen molar-refractivity contribution in [1.29, 1.82) is 0 Å². The minimum atomic E-state index is -2.90. The van der Waals surface area contributed by atoms with Crippen LogP contribution >= 0.6 is 11.3 Å². The monoisotopic (exact) mass is 532 g/mol. The highest BCUT2D eigenvalue weighted by Gasteiger charge is 2.30. The molecule has 0 saturated heterocycles. The molecule has 6 nitrogen and oxygen atoms in total. The largest absolute Gasteiger partial charge is 0.435 e. The van der Waals surface area contributed by atoms with Gasteiger partial charge in [0.2, 0.25) is 0 Å². The number of aromatic nitrogens is 3. The highest BCUT2D eigenvalue weighted by atomic mass is 32.1. The predicted octanol–water partition coefficient (Wildman–Crippen LogP) is 6.91. The lowest BCUT2D eigenvalue weighted by Crippen LogP contribution is -2.22. The van der Waals surface area contributed by atoms with E-state index >= 15 is 0 Å². The van der Waals surface area contributed by atoms with E-state index in [4.69, 9.17) is 0 Å². The van der Waals surface area contributed by atoms with Gasteiger partial charge in [0.05, 0.1) is 27.0 Å². The topological polar surface area (TPSA) is 61.1 Å². The Morgan fingerprint density at radius 2 is 1.89 bits per heavy atom. The van der Waals surface area contributed by atoms with E-state index in [0.717, 1.165) is 51.8 Å². The van der Waals surface area contributed by atoms with Crippen LogP contribution in [0.5, 0.6) is 5.75 Å². The minimum Gasteiger partial charge on any atom is -0.435 e. The third-order valence-corrected chi connectivity index (χ3v) is 8.64. The summed E-state index contributed by atoms with van der Waals surface area (Å²) in [5, 5.41) is 9.11. The number of rotatable bonds is 8. The first kappa shape index (κ1) is 23.4. The first-order valence-electron chi connectivity index (χ1n) is 12.9. The van der Waals surface area contributed by atoms with Crippen molar-refractivity contribution in [2.45, 2.75) is 38.2 Å². The fourth-order valence-electron chi connectivity index (χ4n) is 5.10. The number of benzene rings is 2. The SMILES string of the molecule is Cn1cc2cc(-c3c(NCC4CC4)c4sc(C5CC5)cc4n(-c4ccc(OC(F)F)cc4)c3=O)ccc2n1. The standard InChI is InChI=1S/C29H26F2N4O2S/c1-34-15-19-12-18(6-11-22(19)33-34)25-26(32-14-16-2-3-16)27-23(13-24(38-27)17-4-5-17)35(28(25)36)20-7-9-21(10-8-20)37-29(30)31/h6-13,15-17,29,32H,2-5,14H2,1H3. The van der Waals surface area contributed by atoms with Crippen LogP contribution in [0.25, 0.3) is 37.9 Å². The van der Waals surface area contributed by atoms with E-state index < -0.39 is 6.61 Å². The molecule has 3 aromatic heterocycles. The summed E-state index contributed by atoms with van der Waals surface area (Å²) in [5.41, 5.74) is 4.48. The molecule has 1 N–H and O–H groups in total. The summed E-state index contributed by atoms with van der Waals surface area (Å²) in [4.78, 5) is 15.7. The second kappa shape index (κ2) is 8.94. The van der Waals surface area contributed by atoms with Gasteiger partial charge in [-0.15, -0.1) is 11.3 Å². The molecular formula is C29H26F2N4O2S. The number of thiophene rings is 1. The molecule has 0 atom stereocenters. The molecule has 2 aliphatic rings. The van der Waals surface area contributed by atoms with Crippen molar-refractivity contribution in [1.82, 2.24) is 14.3 Å². The molecule has 194 valence electrons. The maximum Gasteiger partial charge on any atom is 0.387 e. The molecule has 3 heterocycles. The van der Waals surface area contributed by atoms with Crippen molar-refractivity contribution in [3.05, 3.63) is 70.0 Å². The summed E-state index contributed by atoms with van der Waals surface area (Å²) >= 11 is 1.75. The van der Waals surface area contributed by atoms with E-state index in [9.17, 15) is 13.6 Å². The Morgan fingerprint density at radius 1 is 1.11 bits per heavy atom. The van der Waals surface area contributed by atoms with Gasteiger partial charge >= 0.3 is 6.61 Å². The summed E-state index contributed by atoms with van der Waals surface area (Å²) in [7, 11) is 1.88. The van der Waals surface area contributed by atoms with Gasteiger partial charge in [0, 0.05) is 35.7 Å². The Kier molecular flexibility index (Phi) is 5.51. The molecule has 0 spiro atoms. The molecular weight excluding hydrogens is 506 g/mol. The maximum atomic E-state index is 14.4. The number of nitrogens with one attached hydrogen (secondary N) is 1.